The van der Waals surface area contributed by atoms with Crippen molar-refractivity contribution in [1.82, 2.24) is 10.0 Å². The molecule has 2 N–H and O–H groups in total. The topological polar surface area (TPSA) is 67.4 Å². The summed E-state index contributed by atoms with van der Waals surface area (Å²) in [5.74, 6) is 0. The van der Waals surface area contributed by atoms with E-state index in [2.05, 4.69) is 10.0 Å². The summed E-state index contributed by atoms with van der Waals surface area (Å²) in [4.78, 5) is 0. The molecule has 1 heterocycles. The molecule has 0 aromatic carbocycles. The Bertz CT molecular complexity index is 324. The summed E-state index contributed by atoms with van der Waals surface area (Å²) in [6.45, 7) is 7.97. The molecule has 1 fully saturated rings. The molecule has 102 valence electrons. The zero-order chi connectivity index (χ0) is 12.9. The van der Waals surface area contributed by atoms with Crippen LogP contribution in [-0.4, -0.2) is 45.5 Å². The van der Waals surface area contributed by atoms with Crippen LogP contribution in [0.15, 0.2) is 0 Å². The fraction of sp³-hybridized carbons (Fsp3) is 1.00. The van der Waals surface area contributed by atoms with E-state index in [1.807, 2.05) is 13.8 Å². The normalized spacial score (nSPS) is 27.2. The van der Waals surface area contributed by atoms with Crippen LogP contribution in [0.1, 0.15) is 33.6 Å². The van der Waals surface area contributed by atoms with Gasteiger partial charge in [-0.1, -0.05) is 6.92 Å². The van der Waals surface area contributed by atoms with E-state index in [0.29, 0.717) is 13.1 Å². The van der Waals surface area contributed by atoms with Crippen LogP contribution in [0.4, 0.5) is 0 Å². The lowest BCUT2D eigenvalue weighted by atomic mass is 10.0. The van der Waals surface area contributed by atoms with E-state index in [9.17, 15) is 8.42 Å². The lowest BCUT2D eigenvalue weighted by Crippen LogP contribution is -2.45. The van der Waals surface area contributed by atoms with Gasteiger partial charge in [-0.2, -0.15) is 0 Å². The van der Waals surface area contributed by atoms with Crippen LogP contribution in [0.5, 0.6) is 0 Å². The van der Waals surface area contributed by atoms with Crippen LogP contribution < -0.4 is 10.0 Å². The van der Waals surface area contributed by atoms with Gasteiger partial charge in [-0.15, -0.1) is 0 Å². The Balaban J connectivity index is 2.43. The average Bonchev–Trinajstić information content (AvgIpc) is 2.71. The van der Waals surface area contributed by atoms with Gasteiger partial charge in [0.05, 0.1) is 10.9 Å². The van der Waals surface area contributed by atoms with Crippen molar-refractivity contribution in [2.75, 3.05) is 26.2 Å². The third kappa shape index (κ3) is 4.54. The van der Waals surface area contributed by atoms with Gasteiger partial charge in [-0.05, 0) is 33.2 Å². The second kappa shape index (κ2) is 6.13. The Morgan fingerprint density at radius 3 is 2.71 bits per heavy atom. The average molecular weight is 264 g/mol. The molecule has 0 spiro atoms. The Hall–Kier alpha value is -0.170. The summed E-state index contributed by atoms with van der Waals surface area (Å²) >= 11 is 0. The van der Waals surface area contributed by atoms with Crippen molar-refractivity contribution in [1.29, 1.82) is 0 Å². The molecule has 0 amide bonds. The lowest BCUT2D eigenvalue weighted by Gasteiger charge is -2.24. The van der Waals surface area contributed by atoms with Gasteiger partial charge in [-0.25, -0.2) is 13.1 Å². The Kier molecular flexibility index (Phi) is 5.37. The minimum Gasteiger partial charge on any atom is -0.374 e. The summed E-state index contributed by atoms with van der Waals surface area (Å²) in [5, 5.41) is 2.62. The highest BCUT2D eigenvalue weighted by molar-refractivity contribution is 7.90. The third-order valence-electron chi connectivity index (χ3n) is 3.16. The summed E-state index contributed by atoms with van der Waals surface area (Å²) < 4.78 is 32.1. The smallest absolute Gasteiger partial charge is 0.215 e. The van der Waals surface area contributed by atoms with Gasteiger partial charge in [0.15, 0.2) is 0 Å². The van der Waals surface area contributed by atoms with E-state index >= 15 is 0 Å². The van der Waals surface area contributed by atoms with Gasteiger partial charge in [-0.3, -0.25) is 0 Å². The number of sulfonamides is 1. The molecule has 5 nitrogen and oxygen atoms in total. The highest BCUT2D eigenvalue weighted by Crippen LogP contribution is 2.24. The zero-order valence-electron chi connectivity index (χ0n) is 11.0. The minimum atomic E-state index is -3.25. The maximum atomic E-state index is 11.9. The first kappa shape index (κ1) is 14.9. The first-order valence-corrected chi connectivity index (χ1v) is 7.77. The van der Waals surface area contributed by atoms with Crippen LogP contribution in [0.25, 0.3) is 0 Å². The molecule has 1 aliphatic heterocycles. The lowest BCUT2D eigenvalue weighted by molar-refractivity contribution is 0.0250. The summed E-state index contributed by atoms with van der Waals surface area (Å²) in [6.07, 6.45) is 1.92. The van der Waals surface area contributed by atoms with Crippen molar-refractivity contribution in [3.8, 4) is 0 Å². The molecule has 0 aliphatic carbocycles. The molecule has 0 saturated carbocycles. The Morgan fingerprint density at radius 1 is 1.47 bits per heavy atom. The molecule has 6 heteroatoms. The van der Waals surface area contributed by atoms with Crippen molar-refractivity contribution in [2.24, 2.45) is 0 Å². The largest absolute Gasteiger partial charge is 0.374 e. The molecular formula is C11H24N2O3S. The molecule has 0 bridgehead atoms. The predicted molar refractivity (Wildman–Crippen MR) is 68.5 cm³/mol. The fourth-order valence-electron chi connectivity index (χ4n) is 1.83. The van der Waals surface area contributed by atoms with Gasteiger partial charge < -0.3 is 10.1 Å². The number of hydrogen-bond donors (Lipinski definition) is 2. The standard InChI is InChI=1S/C11H24N2O3S/c1-4-12-8-10(2)17(14,15)13-9-11(3)6-5-7-16-11/h10,12-13H,4-9H2,1-3H3. The maximum Gasteiger partial charge on any atom is 0.215 e. The summed E-state index contributed by atoms with van der Waals surface area (Å²) in [6, 6.07) is 0. The number of rotatable bonds is 7. The maximum absolute atomic E-state index is 11.9. The Morgan fingerprint density at radius 2 is 2.18 bits per heavy atom. The van der Waals surface area contributed by atoms with Gasteiger partial charge >= 0.3 is 0 Å². The van der Waals surface area contributed by atoms with Crippen LogP contribution in [0.3, 0.4) is 0 Å². The summed E-state index contributed by atoms with van der Waals surface area (Å²) in [5.41, 5.74) is -0.328. The third-order valence-corrected chi connectivity index (χ3v) is 4.93. The second-order valence-electron chi connectivity index (χ2n) is 4.89. The van der Waals surface area contributed by atoms with E-state index in [0.717, 1.165) is 26.0 Å². The first-order valence-electron chi connectivity index (χ1n) is 6.23. The molecule has 1 aliphatic rings. The second-order valence-corrected chi connectivity index (χ2v) is 7.07. The molecule has 0 aromatic rings. The molecule has 1 rings (SSSR count). The van der Waals surface area contributed by atoms with Crippen LogP contribution >= 0.6 is 0 Å². The van der Waals surface area contributed by atoms with E-state index in [1.54, 1.807) is 6.92 Å². The molecule has 0 radical (unpaired) electrons. The number of ether oxygens (including phenoxy) is 1. The van der Waals surface area contributed by atoms with Gasteiger partial charge in [0.2, 0.25) is 10.0 Å². The molecule has 1 saturated heterocycles. The highest BCUT2D eigenvalue weighted by Gasteiger charge is 2.32. The highest BCUT2D eigenvalue weighted by atomic mass is 32.2. The van der Waals surface area contributed by atoms with Crippen molar-refractivity contribution < 1.29 is 13.2 Å². The van der Waals surface area contributed by atoms with Crippen LogP contribution in [0.2, 0.25) is 0 Å². The summed E-state index contributed by atoms with van der Waals surface area (Å²) in [7, 11) is -3.25. The van der Waals surface area contributed by atoms with E-state index < -0.39 is 15.3 Å². The molecule has 2 atom stereocenters. The van der Waals surface area contributed by atoms with E-state index in [-0.39, 0.29) is 5.60 Å². The van der Waals surface area contributed by atoms with Crippen molar-refractivity contribution >= 4 is 10.0 Å². The van der Waals surface area contributed by atoms with Crippen LogP contribution in [-0.2, 0) is 14.8 Å². The van der Waals surface area contributed by atoms with E-state index in [1.165, 1.54) is 0 Å². The number of hydrogen-bond acceptors (Lipinski definition) is 4. The van der Waals surface area contributed by atoms with E-state index in [4.69, 9.17) is 4.74 Å². The molecular weight excluding hydrogens is 240 g/mol. The van der Waals surface area contributed by atoms with Crippen molar-refractivity contribution in [2.45, 2.75) is 44.5 Å². The molecule has 17 heavy (non-hydrogen) atoms. The quantitative estimate of drug-likeness (QED) is 0.701. The zero-order valence-corrected chi connectivity index (χ0v) is 11.8. The Labute approximate surface area is 104 Å². The van der Waals surface area contributed by atoms with Crippen LogP contribution in [0, 0.1) is 0 Å². The predicted octanol–water partition coefficient (Wildman–Crippen LogP) is 0.473. The fourth-order valence-corrected chi connectivity index (χ4v) is 2.96. The van der Waals surface area contributed by atoms with Crippen molar-refractivity contribution in [3.05, 3.63) is 0 Å². The monoisotopic (exact) mass is 264 g/mol. The van der Waals surface area contributed by atoms with Gasteiger partial charge in [0.25, 0.3) is 0 Å². The number of nitrogens with one attached hydrogen (secondary N) is 2. The van der Waals surface area contributed by atoms with Gasteiger partial charge in [0, 0.05) is 19.7 Å². The minimum absolute atomic E-state index is 0.328. The van der Waals surface area contributed by atoms with Gasteiger partial charge in [0.1, 0.15) is 0 Å². The molecule has 2 unspecified atom stereocenters. The van der Waals surface area contributed by atoms with Crippen molar-refractivity contribution in [3.63, 3.8) is 0 Å². The SMILES string of the molecule is CCNCC(C)S(=O)(=O)NCC1(C)CCCO1. The molecule has 0 aromatic heterocycles. The first-order chi connectivity index (χ1) is 7.90.